The van der Waals surface area contributed by atoms with Crippen LogP contribution in [0.25, 0.3) is 0 Å². The van der Waals surface area contributed by atoms with Crippen LogP contribution in [0.15, 0.2) is 30.3 Å². The Morgan fingerprint density at radius 1 is 1.29 bits per heavy atom. The Labute approximate surface area is 121 Å². The second-order valence-electron chi connectivity index (χ2n) is 4.52. The van der Waals surface area contributed by atoms with E-state index in [0.717, 1.165) is 11.6 Å². The minimum Gasteiger partial charge on any atom is -0.495 e. The van der Waals surface area contributed by atoms with Gasteiger partial charge in [-0.15, -0.1) is 0 Å². The van der Waals surface area contributed by atoms with Gasteiger partial charge in [0, 0.05) is 0 Å². The smallest absolute Gasteiger partial charge is 0.340 e. The molecule has 0 radical (unpaired) electrons. The van der Waals surface area contributed by atoms with Gasteiger partial charge in [-0.2, -0.15) is 0 Å². The standard InChI is InChI=1S/C15H15FN2O3/c1-8-3-6-12(21-2)11(7-8)18-10-5-4-9(16)14(17)13(10)15(19)20/h3-7,18H,17H2,1-2H3,(H,19,20). The summed E-state index contributed by atoms with van der Waals surface area (Å²) in [5, 5.41) is 12.1. The number of aromatic carboxylic acids is 1. The molecule has 0 saturated heterocycles. The second kappa shape index (κ2) is 5.70. The monoisotopic (exact) mass is 290 g/mol. The van der Waals surface area contributed by atoms with Crippen LogP contribution in [0, 0.1) is 12.7 Å². The van der Waals surface area contributed by atoms with Gasteiger partial charge in [0.15, 0.2) is 0 Å². The third-order valence-corrected chi connectivity index (χ3v) is 3.03. The van der Waals surface area contributed by atoms with Crippen molar-refractivity contribution in [1.29, 1.82) is 0 Å². The molecule has 2 aromatic rings. The summed E-state index contributed by atoms with van der Waals surface area (Å²) in [6, 6.07) is 7.86. The van der Waals surface area contributed by atoms with E-state index in [1.165, 1.54) is 13.2 Å². The van der Waals surface area contributed by atoms with E-state index in [1.54, 1.807) is 12.1 Å². The van der Waals surface area contributed by atoms with Gasteiger partial charge in [0.25, 0.3) is 0 Å². The van der Waals surface area contributed by atoms with Crippen molar-refractivity contribution in [2.24, 2.45) is 0 Å². The fourth-order valence-electron chi connectivity index (χ4n) is 1.99. The van der Waals surface area contributed by atoms with E-state index in [0.29, 0.717) is 11.4 Å². The fraction of sp³-hybridized carbons (Fsp3) is 0.133. The van der Waals surface area contributed by atoms with Gasteiger partial charge in [-0.3, -0.25) is 0 Å². The van der Waals surface area contributed by atoms with Crippen LogP contribution in [0.3, 0.4) is 0 Å². The number of nitrogens with one attached hydrogen (secondary N) is 1. The number of rotatable bonds is 4. The van der Waals surface area contributed by atoms with Crippen molar-refractivity contribution in [3.8, 4) is 5.75 Å². The molecule has 6 heteroatoms. The van der Waals surface area contributed by atoms with E-state index < -0.39 is 17.5 Å². The van der Waals surface area contributed by atoms with Crippen LogP contribution in [0.5, 0.6) is 5.75 Å². The molecule has 0 aliphatic rings. The summed E-state index contributed by atoms with van der Waals surface area (Å²) in [6.07, 6.45) is 0. The summed E-state index contributed by atoms with van der Waals surface area (Å²) in [6.45, 7) is 1.89. The number of benzene rings is 2. The van der Waals surface area contributed by atoms with Crippen LogP contribution in [-0.4, -0.2) is 18.2 Å². The molecule has 21 heavy (non-hydrogen) atoms. The molecule has 4 N–H and O–H groups in total. The van der Waals surface area contributed by atoms with Crippen molar-refractivity contribution in [3.63, 3.8) is 0 Å². The quantitative estimate of drug-likeness (QED) is 0.753. The van der Waals surface area contributed by atoms with E-state index in [4.69, 9.17) is 10.5 Å². The van der Waals surface area contributed by atoms with Gasteiger partial charge in [0.2, 0.25) is 0 Å². The molecule has 110 valence electrons. The number of nitrogen functional groups attached to an aromatic ring is 1. The number of carboxylic acids is 1. The summed E-state index contributed by atoms with van der Waals surface area (Å²) in [7, 11) is 1.51. The highest BCUT2D eigenvalue weighted by atomic mass is 19.1. The van der Waals surface area contributed by atoms with Gasteiger partial charge in [0.1, 0.15) is 17.1 Å². The topological polar surface area (TPSA) is 84.6 Å². The number of hydrogen-bond donors (Lipinski definition) is 3. The normalized spacial score (nSPS) is 10.2. The minimum absolute atomic E-state index is 0.199. The SMILES string of the molecule is COc1ccc(C)cc1Nc1ccc(F)c(N)c1C(=O)O. The maximum absolute atomic E-state index is 13.4. The van der Waals surface area contributed by atoms with Crippen molar-refractivity contribution in [1.82, 2.24) is 0 Å². The van der Waals surface area contributed by atoms with Crippen LogP contribution in [0.4, 0.5) is 21.5 Å². The van der Waals surface area contributed by atoms with Crippen molar-refractivity contribution >= 4 is 23.0 Å². The first-order chi connectivity index (χ1) is 9.93. The molecule has 0 aliphatic heterocycles. The van der Waals surface area contributed by atoms with Gasteiger partial charge < -0.3 is 20.9 Å². The van der Waals surface area contributed by atoms with Crippen LogP contribution in [0.1, 0.15) is 15.9 Å². The third-order valence-electron chi connectivity index (χ3n) is 3.03. The second-order valence-corrected chi connectivity index (χ2v) is 4.52. The Hall–Kier alpha value is -2.76. The van der Waals surface area contributed by atoms with E-state index in [1.807, 2.05) is 13.0 Å². The Balaban J connectivity index is 2.52. The lowest BCUT2D eigenvalue weighted by Crippen LogP contribution is -2.09. The molecule has 0 atom stereocenters. The molecule has 0 fully saturated rings. The van der Waals surface area contributed by atoms with Gasteiger partial charge in [-0.05, 0) is 36.8 Å². The maximum Gasteiger partial charge on any atom is 0.340 e. The highest BCUT2D eigenvalue weighted by Gasteiger charge is 2.18. The zero-order valence-electron chi connectivity index (χ0n) is 11.6. The molecule has 5 nitrogen and oxygen atoms in total. The van der Waals surface area contributed by atoms with Crippen molar-refractivity contribution in [3.05, 3.63) is 47.3 Å². The molecular formula is C15H15FN2O3. The number of ether oxygens (including phenoxy) is 1. The van der Waals surface area contributed by atoms with Crippen molar-refractivity contribution in [2.75, 3.05) is 18.2 Å². The first-order valence-electron chi connectivity index (χ1n) is 6.17. The first kappa shape index (κ1) is 14.6. The van der Waals surface area contributed by atoms with E-state index in [-0.39, 0.29) is 11.3 Å². The average Bonchev–Trinajstić information content (AvgIpc) is 2.43. The Kier molecular flexibility index (Phi) is 3.98. The number of aryl methyl sites for hydroxylation is 1. The predicted octanol–water partition coefficient (Wildman–Crippen LogP) is 3.17. The number of carbonyl (C=O) groups is 1. The fourth-order valence-corrected chi connectivity index (χ4v) is 1.99. The zero-order valence-corrected chi connectivity index (χ0v) is 11.6. The third kappa shape index (κ3) is 2.89. The highest BCUT2D eigenvalue weighted by Crippen LogP contribution is 2.32. The molecule has 0 heterocycles. The molecule has 2 rings (SSSR count). The van der Waals surface area contributed by atoms with Gasteiger partial charge in [0.05, 0.1) is 24.2 Å². The highest BCUT2D eigenvalue weighted by molar-refractivity contribution is 6.01. The number of halogens is 1. The van der Waals surface area contributed by atoms with Crippen LogP contribution in [-0.2, 0) is 0 Å². The lowest BCUT2D eigenvalue weighted by molar-refractivity contribution is 0.0698. The molecule has 0 saturated carbocycles. The predicted molar refractivity (Wildman–Crippen MR) is 78.8 cm³/mol. The van der Waals surface area contributed by atoms with E-state index in [2.05, 4.69) is 5.32 Å². The van der Waals surface area contributed by atoms with Crippen LogP contribution in [0.2, 0.25) is 0 Å². The average molecular weight is 290 g/mol. The molecule has 0 amide bonds. The van der Waals surface area contributed by atoms with Crippen LogP contribution < -0.4 is 15.8 Å². The van der Waals surface area contributed by atoms with Crippen molar-refractivity contribution < 1.29 is 19.0 Å². The molecule has 0 unspecified atom stereocenters. The van der Waals surface area contributed by atoms with E-state index in [9.17, 15) is 14.3 Å². The van der Waals surface area contributed by atoms with E-state index >= 15 is 0 Å². The number of methoxy groups -OCH3 is 1. The molecular weight excluding hydrogens is 275 g/mol. The Morgan fingerprint density at radius 2 is 2.00 bits per heavy atom. The number of nitrogens with two attached hydrogens (primary N) is 1. The Bertz CT molecular complexity index is 702. The minimum atomic E-state index is -1.30. The summed E-state index contributed by atoms with van der Waals surface area (Å²) in [4.78, 5) is 11.3. The summed E-state index contributed by atoms with van der Waals surface area (Å²) < 4.78 is 18.6. The first-order valence-corrected chi connectivity index (χ1v) is 6.17. The molecule has 0 spiro atoms. The maximum atomic E-state index is 13.4. The van der Waals surface area contributed by atoms with Crippen LogP contribution >= 0.6 is 0 Å². The van der Waals surface area contributed by atoms with Crippen molar-refractivity contribution in [2.45, 2.75) is 6.92 Å². The molecule has 2 aromatic carbocycles. The number of hydrogen-bond acceptors (Lipinski definition) is 4. The summed E-state index contributed by atoms with van der Waals surface area (Å²) >= 11 is 0. The largest absolute Gasteiger partial charge is 0.495 e. The molecule has 0 aliphatic carbocycles. The van der Waals surface area contributed by atoms with Gasteiger partial charge >= 0.3 is 5.97 Å². The summed E-state index contributed by atoms with van der Waals surface area (Å²) in [5.74, 6) is -1.53. The molecule has 0 bridgehead atoms. The molecule has 0 aromatic heterocycles. The number of anilines is 3. The van der Waals surface area contributed by atoms with Gasteiger partial charge in [-0.25, -0.2) is 9.18 Å². The Morgan fingerprint density at radius 3 is 2.62 bits per heavy atom. The lowest BCUT2D eigenvalue weighted by Gasteiger charge is -2.15. The van der Waals surface area contributed by atoms with Gasteiger partial charge in [-0.1, -0.05) is 6.07 Å². The lowest BCUT2D eigenvalue weighted by atomic mass is 10.1. The number of carboxylic acid groups (broad SMARTS) is 1. The summed E-state index contributed by atoms with van der Waals surface area (Å²) in [5.41, 5.74) is 6.54. The zero-order chi connectivity index (χ0) is 15.6.